The number of anilines is 2. The van der Waals surface area contributed by atoms with E-state index < -0.39 is 0 Å². The molecule has 0 radical (unpaired) electrons. The molecule has 4 N–H and O–H groups in total. The van der Waals surface area contributed by atoms with Crippen molar-refractivity contribution in [1.82, 2.24) is 9.97 Å². The highest BCUT2D eigenvalue weighted by Crippen LogP contribution is 2.39. The van der Waals surface area contributed by atoms with Crippen molar-refractivity contribution in [2.24, 2.45) is 5.92 Å². The van der Waals surface area contributed by atoms with Gasteiger partial charge in [-0.2, -0.15) is 4.98 Å². The molecule has 1 fully saturated rings. The predicted octanol–water partition coefficient (Wildman–Crippen LogP) is 5.37. The maximum Gasteiger partial charge on any atom is 0.223 e. The monoisotopic (exact) mass is 434 g/mol. The van der Waals surface area contributed by atoms with Crippen LogP contribution in [-0.2, 0) is 0 Å². The molecule has 0 aliphatic heterocycles. The molecule has 0 spiro atoms. The zero-order valence-electron chi connectivity index (χ0n) is 16.9. The van der Waals surface area contributed by atoms with Crippen LogP contribution in [0.15, 0.2) is 59.0 Å². The number of benzene rings is 2. The number of furan rings is 1. The van der Waals surface area contributed by atoms with E-state index >= 15 is 0 Å². The number of aliphatic hydroxyl groups excluding tert-OH is 1. The van der Waals surface area contributed by atoms with Gasteiger partial charge >= 0.3 is 0 Å². The van der Waals surface area contributed by atoms with Crippen LogP contribution in [0, 0.1) is 5.92 Å². The number of fused-ring (bicyclic) bond motifs is 1. The third kappa shape index (κ3) is 3.96. The molecule has 4 aromatic rings. The predicted molar refractivity (Wildman–Crippen MR) is 124 cm³/mol. The third-order valence-corrected chi connectivity index (χ3v) is 6.17. The van der Waals surface area contributed by atoms with Gasteiger partial charge in [-0.3, -0.25) is 0 Å². The van der Waals surface area contributed by atoms with Gasteiger partial charge in [-0.1, -0.05) is 48.0 Å². The SMILES string of the molecule is Nc1nc(Cl)c(-c2cc3cc(-c4ccccc4)ccc3o2)c(N[C@H]2CC[C@@H](CO)C2)n1. The van der Waals surface area contributed by atoms with E-state index in [1.54, 1.807) is 0 Å². The number of aromatic nitrogens is 2. The Balaban J connectivity index is 1.53. The van der Waals surface area contributed by atoms with Gasteiger partial charge in [0.25, 0.3) is 0 Å². The number of hydrogen-bond donors (Lipinski definition) is 3. The van der Waals surface area contributed by atoms with E-state index in [9.17, 15) is 5.11 Å². The Kier molecular flexibility index (Phi) is 5.26. The van der Waals surface area contributed by atoms with Gasteiger partial charge in [0.15, 0.2) is 0 Å². The molecule has 2 heterocycles. The van der Waals surface area contributed by atoms with Crippen LogP contribution in [0.25, 0.3) is 33.4 Å². The minimum absolute atomic E-state index is 0.107. The van der Waals surface area contributed by atoms with E-state index in [0.29, 0.717) is 23.1 Å². The number of rotatable bonds is 5. The van der Waals surface area contributed by atoms with E-state index in [1.165, 1.54) is 0 Å². The fraction of sp³-hybridized carbons (Fsp3) is 0.250. The van der Waals surface area contributed by atoms with E-state index in [-0.39, 0.29) is 23.8 Å². The molecule has 1 saturated carbocycles. The second-order valence-electron chi connectivity index (χ2n) is 8.03. The highest BCUT2D eigenvalue weighted by molar-refractivity contribution is 6.32. The molecule has 0 unspecified atom stereocenters. The summed E-state index contributed by atoms with van der Waals surface area (Å²) in [5.41, 5.74) is 9.49. The van der Waals surface area contributed by atoms with Crippen molar-refractivity contribution in [3.8, 4) is 22.5 Å². The number of halogens is 1. The normalized spacial score (nSPS) is 18.5. The molecule has 5 rings (SSSR count). The van der Waals surface area contributed by atoms with Crippen LogP contribution < -0.4 is 11.1 Å². The van der Waals surface area contributed by atoms with E-state index in [2.05, 4.69) is 33.5 Å². The largest absolute Gasteiger partial charge is 0.456 e. The summed E-state index contributed by atoms with van der Waals surface area (Å²) >= 11 is 6.49. The first-order valence-electron chi connectivity index (χ1n) is 10.4. The number of hydrogen-bond acceptors (Lipinski definition) is 6. The highest BCUT2D eigenvalue weighted by atomic mass is 35.5. The lowest BCUT2D eigenvalue weighted by molar-refractivity contribution is 0.229. The van der Waals surface area contributed by atoms with Gasteiger partial charge in [-0.15, -0.1) is 0 Å². The molecule has 31 heavy (non-hydrogen) atoms. The smallest absolute Gasteiger partial charge is 0.223 e. The fourth-order valence-corrected chi connectivity index (χ4v) is 4.58. The molecular formula is C24H23ClN4O2. The van der Waals surface area contributed by atoms with Crippen LogP contribution in [-0.4, -0.2) is 27.7 Å². The summed E-state index contributed by atoms with van der Waals surface area (Å²) in [4.78, 5) is 8.55. The van der Waals surface area contributed by atoms with E-state index in [4.69, 9.17) is 21.8 Å². The van der Waals surface area contributed by atoms with E-state index in [0.717, 1.165) is 41.4 Å². The molecule has 6 nitrogen and oxygen atoms in total. The quantitative estimate of drug-likeness (QED) is 0.365. The molecule has 0 saturated heterocycles. The van der Waals surface area contributed by atoms with Gasteiger partial charge in [-0.25, -0.2) is 4.98 Å². The molecule has 158 valence electrons. The van der Waals surface area contributed by atoms with Gasteiger partial charge in [0.05, 0.1) is 5.56 Å². The minimum atomic E-state index is 0.107. The molecule has 7 heteroatoms. The average molecular weight is 435 g/mol. The van der Waals surface area contributed by atoms with Gasteiger partial charge < -0.3 is 20.6 Å². The fourth-order valence-electron chi connectivity index (χ4n) is 4.31. The molecule has 0 bridgehead atoms. The summed E-state index contributed by atoms with van der Waals surface area (Å²) < 4.78 is 6.13. The molecule has 2 aromatic carbocycles. The van der Waals surface area contributed by atoms with Crippen LogP contribution >= 0.6 is 11.6 Å². The van der Waals surface area contributed by atoms with Crippen LogP contribution in [0.4, 0.5) is 11.8 Å². The number of nitrogens with one attached hydrogen (secondary N) is 1. The highest BCUT2D eigenvalue weighted by Gasteiger charge is 2.27. The third-order valence-electron chi connectivity index (χ3n) is 5.89. The minimum Gasteiger partial charge on any atom is -0.456 e. The molecule has 0 amide bonds. The number of nitrogens with zero attached hydrogens (tertiary/aromatic N) is 2. The van der Waals surface area contributed by atoms with Crippen molar-refractivity contribution in [2.45, 2.75) is 25.3 Å². The summed E-state index contributed by atoms with van der Waals surface area (Å²) in [5.74, 6) is 1.56. The summed E-state index contributed by atoms with van der Waals surface area (Å²) in [6, 6.07) is 18.5. The van der Waals surface area contributed by atoms with Gasteiger partial charge in [0, 0.05) is 18.0 Å². The standard InChI is InChI=1S/C24H23ClN4O2/c25-22-21(23(29-24(26)28-22)27-18-8-6-14(10-18)13-30)20-12-17-11-16(7-9-19(17)31-20)15-4-2-1-3-5-15/h1-5,7,9,11-12,14,18,30H,6,8,10,13H2,(H3,26,27,28,29)/t14-,18+/m1/s1. The van der Waals surface area contributed by atoms with Crippen molar-refractivity contribution < 1.29 is 9.52 Å². The molecule has 1 aliphatic rings. The van der Waals surface area contributed by atoms with Crippen molar-refractivity contribution >= 4 is 34.3 Å². The summed E-state index contributed by atoms with van der Waals surface area (Å²) in [6.07, 6.45) is 2.80. The molecular weight excluding hydrogens is 412 g/mol. The number of nitrogens with two attached hydrogens (primary N) is 1. The molecule has 2 atom stereocenters. The zero-order chi connectivity index (χ0) is 21.4. The van der Waals surface area contributed by atoms with Crippen LogP contribution in [0.1, 0.15) is 19.3 Å². The zero-order valence-corrected chi connectivity index (χ0v) is 17.6. The lowest BCUT2D eigenvalue weighted by Crippen LogP contribution is -2.18. The van der Waals surface area contributed by atoms with Crippen molar-refractivity contribution in [3.63, 3.8) is 0 Å². The lowest BCUT2D eigenvalue weighted by Gasteiger charge is -2.16. The van der Waals surface area contributed by atoms with E-state index in [1.807, 2.05) is 36.4 Å². The second-order valence-corrected chi connectivity index (χ2v) is 8.39. The lowest BCUT2D eigenvalue weighted by atomic mass is 10.0. The van der Waals surface area contributed by atoms with Gasteiger partial charge in [0.2, 0.25) is 5.95 Å². The Bertz CT molecular complexity index is 1230. The van der Waals surface area contributed by atoms with Gasteiger partial charge in [-0.05, 0) is 54.5 Å². The summed E-state index contributed by atoms with van der Waals surface area (Å²) in [6.45, 7) is 0.199. The Labute approximate surface area is 185 Å². The first-order chi connectivity index (χ1) is 15.1. The van der Waals surface area contributed by atoms with Crippen molar-refractivity contribution in [2.75, 3.05) is 17.7 Å². The molecule has 1 aliphatic carbocycles. The second kappa shape index (κ2) is 8.21. The Morgan fingerprint density at radius 3 is 2.68 bits per heavy atom. The average Bonchev–Trinajstić information content (AvgIpc) is 3.40. The maximum absolute atomic E-state index is 9.45. The summed E-state index contributed by atoms with van der Waals surface area (Å²) in [5, 5.41) is 14.1. The Morgan fingerprint density at radius 2 is 1.90 bits per heavy atom. The van der Waals surface area contributed by atoms with Crippen LogP contribution in [0.5, 0.6) is 0 Å². The summed E-state index contributed by atoms with van der Waals surface area (Å²) in [7, 11) is 0. The van der Waals surface area contributed by atoms with Gasteiger partial charge in [0.1, 0.15) is 22.3 Å². The topological polar surface area (TPSA) is 97.2 Å². The Hall–Kier alpha value is -3.09. The number of nitrogen functional groups attached to an aromatic ring is 1. The molecule has 2 aromatic heterocycles. The first-order valence-corrected chi connectivity index (χ1v) is 10.8. The first kappa shape index (κ1) is 19.8. The Morgan fingerprint density at radius 1 is 1.06 bits per heavy atom. The van der Waals surface area contributed by atoms with Crippen molar-refractivity contribution in [1.29, 1.82) is 0 Å². The number of aliphatic hydroxyl groups is 1. The van der Waals surface area contributed by atoms with Crippen LogP contribution in [0.3, 0.4) is 0 Å². The maximum atomic E-state index is 9.45. The van der Waals surface area contributed by atoms with Crippen LogP contribution in [0.2, 0.25) is 5.15 Å². The van der Waals surface area contributed by atoms with Crippen molar-refractivity contribution in [3.05, 3.63) is 59.8 Å².